The summed E-state index contributed by atoms with van der Waals surface area (Å²) in [6.45, 7) is 1.50. The van der Waals surface area contributed by atoms with Gasteiger partial charge in [-0.25, -0.2) is 8.42 Å². The van der Waals surface area contributed by atoms with Crippen LogP contribution in [0.4, 0.5) is 8.78 Å². The van der Waals surface area contributed by atoms with Crippen molar-refractivity contribution in [3.8, 4) is 5.75 Å². The molecule has 0 heterocycles. The van der Waals surface area contributed by atoms with E-state index in [1.807, 2.05) is 0 Å². The third kappa shape index (κ3) is 6.77. The smallest absolute Gasteiger partial charge is 0.387 e. The highest BCUT2D eigenvalue weighted by Gasteiger charge is 2.21. The molecular formula is C21H25F2NO5S. The number of esters is 1. The third-order valence-electron chi connectivity index (χ3n) is 4.43. The number of alkyl halides is 2. The Morgan fingerprint density at radius 3 is 2.07 bits per heavy atom. The first-order chi connectivity index (χ1) is 14.3. The molecule has 164 valence electrons. The average Bonchev–Trinajstić information content (AvgIpc) is 2.72. The fraction of sp³-hybridized carbons (Fsp3) is 0.381. The van der Waals surface area contributed by atoms with Gasteiger partial charge in [0.25, 0.3) is 0 Å². The first kappa shape index (κ1) is 23.8. The SMILES string of the molecule is CCN(CC)S(=O)(=O)c1ccc(CCC(=O)OCc2ccc(OC(F)F)cc2)cc1. The van der Waals surface area contributed by atoms with E-state index in [1.54, 1.807) is 38.1 Å². The molecule has 0 aromatic heterocycles. The van der Waals surface area contributed by atoms with Crippen LogP contribution in [-0.2, 0) is 32.6 Å². The van der Waals surface area contributed by atoms with Gasteiger partial charge < -0.3 is 9.47 Å². The Hall–Kier alpha value is -2.52. The lowest BCUT2D eigenvalue weighted by molar-refractivity contribution is -0.144. The fourth-order valence-electron chi connectivity index (χ4n) is 2.79. The summed E-state index contributed by atoms with van der Waals surface area (Å²) in [6, 6.07) is 12.3. The molecule has 2 aromatic rings. The van der Waals surface area contributed by atoms with Crippen molar-refractivity contribution in [2.24, 2.45) is 0 Å². The molecule has 6 nitrogen and oxygen atoms in total. The zero-order valence-electron chi connectivity index (χ0n) is 16.9. The maximum Gasteiger partial charge on any atom is 0.387 e. The van der Waals surface area contributed by atoms with Gasteiger partial charge in [0.2, 0.25) is 10.0 Å². The van der Waals surface area contributed by atoms with E-state index >= 15 is 0 Å². The first-order valence-electron chi connectivity index (χ1n) is 9.54. The molecule has 2 rings (SSSR count). The third-order valence-corrected chi connectivity index (χ3v) is 6.50. The van der Waals surface area contributed by atoms with Gasteiger partial charge >= 0.3 is 12.6 Å². The van der Waals surface area contributed by atoms with Crippen molar-refractivity contribution in [1.82, 2.24) is 4.31 Å². The van der Waals surface area contributed by atoms with Crippen molar-refractivity contribution in [2.45, 2.75) is 44.8 Å². The predicted molar refractivity (Wildman–Crippen MR) is 108 cm³/mol. The first-order valence-corrected chi connectivity index (χ1v) is 11.0. The predicted octanol–water partition coefficient (Wildman–Crippen LogP) is 3.99. The van der Waals surface area contributed by atoms with Crippen molar-refractivity contribution >= 4 is 16.0 Å². The minimum Gasteiger partial charge on any atom is -0.461 e. The van der Waals surface area contributed by atoms with Gasteiger partial charge in [-0.2, -0.15) is 13.1 Å². The number of carbonyl (C=O) groups is 1. The summed E-state index contributed by atoms with van der Waals surface area (Å²) in [5, 5.41) is 0. The van der Waals surface area contributed by atoms with Gasteiger partial charge in [-0.15, -0.1) is 0 Å². The van der Waals surface area contributed by atoms with E-state index in [4.69, 9.17) is 4.74 Å². The minimum absolute atomic E-state index is 0.0227. The minimum atomic E-state index is -3.51. The van der Waals surface area contributed by atoms with Gasteiger partial charge in [-0.05, 0) is 41.8 Å². The number of ether oxygens (including phenoxy) is 2. The Kier molecular flexibility index (Phi) is 8.73. The second-order valence-electron chi connectivity index (χ2n) is 6.42. The topological polar surface area (TPSA) is 72.9 Å². The average molecular weight is 441 g/mol. The van der Waals surface area contributed by atoms with Crippen LogP contribution in [0.2, 0.25) is 0 Å². The highest BCUT2D eigenvalue weighted by atomic mass is 32.2. The number of nitrogens with zero attached hydrogens (tertiary/aromatic N) is 1. The van der Waals surface area contributed by atoms with E-state index < -0.39 is 22.6 Å². The van der Waals surface area contributed by atoms with E-state index in [9.17, 15) is 22.0 Å². The van der Waals surface area contributed by atoms with E-state index in [-0.39, 0.29) is 23.7 Å². The summed E-state index contributed by atoms with van der Waals surface area (Å²) in [6.07, 6.45) is 0.542. The van der Waals surface area contributed by atoms with E-state index in [0.29, 0.717) is 25.1 Å². The number of hydrogen-bond acceptors (Lipinski definition) is 5. The summed E-state index contributed by atoms with van der Waals surface area (Å²) in [5.74, 6) is -0.380. The number of carbonyl (C=O) groups excluding carboxylic acids is 1. The lowest BCUT2D eigenvalue weighted by Crippen LogP contribution is -2.30. The maximum absolute atomic E-state index is 12.5. The quantitative estimate of drug-likeness (QED) is 0.493. The van der Waals surface area contributed by atoms with E-state index in [0.717, 1.165) is 5.56 Å². The molecule has 0 atom stereocenters. The van der Waals surface area contributed by atoms with Crippen molar-refractivity contribution in [2.75, 3.05) is 13.1 Å². The van der Waals surface area contributed by atoms with Crippen LogP contribution >= 0.6 is 0 Å². The summed E-state index contributed by atoms with van der Waals surface area (Å²) in [5.41, 5.74) is 1.47. The van der Waals surface area contributed by atoms with Gasteiger partial charge in [-0.3, -0.25) is 4.79 Å². The van der Waals surface area contributed by atoms with Crippen LogP contribution < -0.4 is 4.74 Å². The number of hydrogen-bond donors (Lipinski definition) is 0. The fourth-order valence-corrected chi connectivity index (χ4v) is 4.25. The molecule has 2 aromatic carbocycles. The highest BCUT2D eigenvalue weighted by molar-refractivity contribution is 7.89. The Morgan fingerprint density at radius 1 is 0.967 bits per heavy atom. The number of sulfonamides is 1. The van der Waals surface area contributed by atoms with Crippen LogP contribution in [0.15, 0.2) is 53.4 Å². The zero-order chi connectivity index (χ0) is 22.1. The standard InChI is InChI=1S/C21H25F2NO5S/c1-3-24(4-2)30(26,27)19-12-7-16(8-13-19)9-14-20(25)28-15-17-5-10-18(11-6-17)29-21(22)23/h5-8,10-13,21H,3-4,9,14-15H2,1-2H3. The molecule has 0 saturated carbocycles. The Bertz CT molecular complexity index is 911. The summed E-state index contributed by atoms with van der Waals surface area (Å²) in [7, 11) is -3.51. The number of aryl methyl sites for hydroxylation is 1. The van der Waals surface area contributed by atoms with Crippen LogP contribution in [0.1, 0.15) is 31.4 Å². The molecule has 0 radical (unpaired) electrons. The van der Waals surface area contributed by atoms with Crippen LogP contribution in [0.25, 0.3) is 0 Å². The zero-order valence-corrected chi connectivity index (χ0v) is 17.7. The molecule has 30 heavy (non-hydrogen) atoms. The van der Waals surface area contributed by atoms with Crippen LogP contribution in [0.3, 0.4) is 0 Å². The summed E-state index contributed by atoms with van der Waals surface area (Å²) >= 11 is 0. The highest BCUT2D eigenvalue weighted by Crippen LogP contribution is 2.18. The molecule has 0 aliphatic heterocycles. The molecule has 9 heteroatoms. The normalized spacial score (nSPS) is 11.7. The van der Waals surface area contributed by atoms with Gasteiger partial charge in [0.1, 0.15) is 12.4 Å². The summed E-state index contributed by atoms with van der Waals surface area (Å²) < 4.78 is 60.0. The molecule has 0 aliphatic rings. The number of benzene rings is 2. The Morgan fingerprint density at radius 2 is 1.53 bits per heavy atom. The molecule has 0 spiro atoms. The molecule has 0 amide bonds. The monoisotopic (exact) mass is 441 g/mol. The van der Waals surface area contributed by atoms with Crippen molar-refractivity contribution in [3.05, 3.63) is 59.7 Å². The van der Waals surface area contributed by atoms with Gasteiger partial charge in [0, 0.05) is 19.5 Å². The van der Waals surface area contributed by atoms with E-state index in [2.05, 4.69) is 4.74 Å². The molecule has 0 bridgehead atoms. The molecule has 0 aliphatic carbocycles. The maximum atomic E-state index is 12.5. The Labute approximate surface area is 175 Å². The molecular weight excluding hydrogens is 416 g/mol. The largest absolute Gasteiger partial charge is 0.461 e. The van der Waals surface area contributed by atoms with Gasteiger partial charge in [0.05, 0.1) is 4.90 Å². The van der Waals surface area contributed by atoms with Gasteiger partial charge in [0.15, 0.2) is 0 Å². The van der Waals surface area contributed by atoms with Crippen LogP contribution in [-0.4, -0.2) is 38.4 Å². The lowest BCUT2D eigenvalue weighted by Gasteiger charge is -2.18. The van der Waals surface area contributed by atoms with Crippen molar-refractivity contribution in [1.29, 1.82) is 0 Å². The molecule has 0 saturated heterocycles. The molecule has 0 fully saturated rings. The van der Waals surface area contributed by atoms with Crippen LogP contribution in [0.5, 0.6) is 5.75 Å². The molecule has 0 N–H and O–H groups in total. The molecule has 0 unspecified atom stereocenters. The van der Waals surface area contributed by atoms with Crippen molar-refractivity contribution in [3.63, 3.8) is 0 Å². The van der Waals surface area contributed by atoms with Crippen molar-refractivity contribution < 1.29 is 31.5 Å². The summed E-state index contributed by atoms with van der Waals surface area (Å²) in [4.78, 5) is 12.2. The van der Waals surface area contributed by atoms with Crippen LogP contribution in [0, 0.1) is 0 Å². The Balaban J connectivity index is 1.83. The second-order valence-corrected chi connectivity index (χ2v) is 8.35. The number of halogens is 2. The van der Waals surface area contributed by atoms with Gasteiger partial charge in [-0.1, -0.05) is 38.1 Å². The second kappa shape index (κ2) is 11.0. The van der Waals surface area contributed by atoms with E-state index in [1.165, 1.54) is 28.6 Å². The lowest BCUT2D eigenvalue weighted by atomic mass is 10.1. The number of rotatable bonds is 11.